The highest BCUT2D eigenvalue weighted by Crippen LogP contribution is 1.86. The second kappa shape index (κ2) is 15.7. The number of hydrogen-bond donors (Lipinski definition) is 6. The van der Waals surface area contributed by atoms with E-state index in [9.17, 15) is 28.8 Å². The molecule has 0 heterocycles. The lowest BCUT2D eigenvalue weighted by Gasteiger charge is -1.85. The standard InChI is InChI=1S/C4H6O4.2C4H4O4/c3*5-3(6)1-2-4(7)8/h1-2H2,(H,5,6)(H,7,8);2*1-2H,(H,5,6)(H,7,8)/b;2*2-1-. The largest absolute Gasteiger partial charge is 0.481 e. The fourth-order valence-electron chi connectivity index (χ4n) is 0.499. The summed E-state index contributed by atoms with van der Waals surface area (Å²) in [6.45, 7) is 0. The highest BCUT2D eigenvalue weighted by atomic mass is 16.4. The SMILES string of the molecule is O=C(O)/C=C\C(=O)O.O=C(O)/C=C\C(=O)O.O=C(O)CCC(=O)O. The Balaban J connectivity index is -0.000000276. The van der Waals surface area contributed by atoms with Crippen LogP contribution in [0.15, 0.2) is 24.3 Å². The van der Waals surface area contributed by atoms with Crippen LogP contribution in [-0.4, -0.2) is 66.5 Å². The molecule has 0 aromatic heterocycles. The lowest BCUT2D eigenvalue weighted by atomic mass is 10.3. The molecule has 0 radical (unpaired) electrons. The van der Waals surface area contributed by atoms with Gasteiger partial charge in [0.05, 0.1) is 12.8 Å². The Kier molecular flexibility index (Phi) is 16.5. The van der Waals surface area contributed by atoms with E-state index in [2.05, 4.69) is 0 Å². The van der Waals surface area contributed by atoms with E-state index >= 15 is 0 Å². The van der Waals surface area contributed by atoms with Crippen LogP contribution in [0.5, 0.6) is 0 Å². The molecule has 0 aliphatic heterocycles. The Morgan fingerprint density at radius 3 is 0.708 bits per heavy atom. The van der Waals surface area contributed by atoms with Crippen molar-refractivity contribution in [2.24, 2.45) is 0 Å². The Labute approximate surface area is 133 Å². The van der Waals surface area contributed by atoms with E-state index < -0.39 is 35.8 Å². The molecule has 0 aliphatic rings. The lowest BCUT2D eigenvalue weighted by molar-refractivity contribution is -0.143. The number of aliphatic carboxylic acids is 6. The lowest BCUT2D eigenvalue weighted by Crippen LogP contribution is -2.00. The fraction of sp³-hybridized carbons (Fsp3) is 0.167. The van der Waals surface area contributed by atoms with Crippen LogP contribution in [0.3, 0.4) is 0 Å². The van der Waals surface area contributed by atoms with Crippen molar-refractivity contribution in [3.8, 4) is 0 Å². The van der Waals surface area contributed by atoms with Gasteiger partial charge in [0.1, 0.15) is 0 Å². The van der Waals surface area contributed by atoms with E-state index in [1.54, 1.807) is 0 Å². The Bertz CT molecular complexity index is 448. The number of hydrogen-bond acceptors (Lipinski definition) is 6. The van der Waals surface area contributed by atoms with Gasteiger partial charge in [-0.25, -0.2) is 19.2 Å². The summed E-state index contributed by atoms with van der Waals surface area (Å²) in [4.78, 5) is 57.5. The predicted molar refractivity (Wildman–Crippen MR) is 73.3 cm³/mol. The highest BCUT2D eigenvalue weighted by Gasteiger charge is 2.00. The van der Waals surface area contributed by atoms with Gasteiger partial charge >= 0.3 is 35.8 Å². The minimum absolute atomic E-state index is 0.296. The number of rotatable bonds is 7. The first kappa shape index (κ1) is 25.3. The van der Waals surface area contributed by atoms with Crippen molar-refractivity contribution in [2.75, 3.05) is 0 Å². The molecule has 0 atom stereocenters. The number of carboxylic acids is 6. The Hall–Kier alpha value is -3.70. The van der Waals surface area contributed by atoms with Gasteiger partial charge in [-0.1, -0.05) is 0 Å². The average molecular weight is 350 g/mol. The van der Waals surface area contributed by atoms with Gasteiger partial charge in [-0.15, -0.1) is 0 Å². The van der Waals surface area contributed by atoms with Crippen molar-refractivity contribution in [1.82, 2.24) is 0 Å². The van der Waals surface area contributed by atoms with E-state index in [1.807, 2.05) is 0 Å². The molecular formula is C12H14O12. The van der Waals surface area contributed by atoms with Crippen molar-refractivity contribution in [3.63, 3.8) is 0 Å². The summed E-state index contributed by atoms with van der Waals surface area (Å²) in [6, 6.07) is 0. The minimum Gasteiger partial charge on any atom is -0.481 e. The summed E-state index contributed by atoms with van der Waals surface area (Å²) in [5.74, 6) is -7.18. The van der Waals surface area contributed by atoms with Gasteiger partial charge in [-0.3, -0.25) is 9.59 Å². The Morgan fingerprint density at radius 2 is 0.625 bits per heavy atom. The minimum atomic E-state index is -1.26. The maximum Gasteiger partial charge on any atom is 0.328 e. The first-order valence-electron chi connectivity index (χ1n) is 5.59. The topological polar surface area (TPSA) is 224 Å². The van der Waals surface area contributed by atoms with Crippen molar-refractivity contribution in [3.05, 3.63) is 24.3 Å². The molecule has 12 nitrogen and oxygen atoms in total. The molecule has 0 fully saturated rings. The van der Waals surface area contributed by atoms with E-state index in [0.717, 1.165) is 0 Å². The molecule has 0 amide bonds. The molecule has 134 valence electrons. The third-order valence-corrected chi connectivity index (χ3v) is 1.29. The van der Waals surface area contributed by atoms with E-state index in [-0.39, 0.29) is 12.8 Å². The molecule has 6 N–H and O–H groups in total. The van der Waals surface area contributed by atoms with Crippen LogP contribution >= 0.6 is 0 Å². The van der Waals surface area contributed by atoms with Crippen LogP contribution in [0, 0.1) is 0 Å². The number of carboxylic acid groups (broad SMARTS) is 6. The monoisotopic (exact) mass is 350 g/mol. The van der Waals surface area contributed by atoms with E-state index in [0.29, 0.717) is 24.3 Å². The van der Waals surface area contributed by atoms with Gasteiger partial charge in [-0.2, -0.15) is 0 Å². The van der Waals surface area contributed by atoms with Crippen molar-refractivity contribution < 1.29 is 59.4 Å². The fourth-order valence-corrected chi connectivity index (χ4v) is 0.499. The van der Waals surface area contributed by atoms with Gasteiger partial charge in [0.2, 0.25) is 0 Å². The zero-order valence-electron chi connectivity index (χ0n) is 11.9. The van der Waals surface area contributed by atoms with Gasteiger partial charge < -0.3 is 30.6 Å². The smallest absolute Gasteiger partial charge is 0.328 e. The van der Waals surface area contributed by atoms with Crippen LogP contribution in [0.25, 0.3) is 0 Å². The summed E-state index contributed by atoms with van der Waals surface area (Å²) >= 11 is 0. The van der Waals surface area contributed by atoms with Gasteiger partial charge in [0, 0.05) is 24.3 Å². The van der Waals surface area contributed by atoms with Gasteiger partial charge in [-0.05, 0) is 0 Å². The molecule has 0 unspecified atom stereocenters. The first-order valence-corrected chi connectivity index (χ1v) is 5.59. The van der Waals surface area contributed by atoms with E-state index in [1.165, 1.54) is 0 Å². The summed E-state index contributed by atoms with van der Waals surface area (Å²) in [7, 11) is 0. The van der Waals surface area contributed by atoms with Gasteiger partial charge in [0.25, 0.3) is 0 Å². The second-order valence-electron chi connectivity index (χ2n) is 3.31. The van der Waals surface area contributed by atoms with Crippen molar-refractivity contribution in [1.29, 1.82) is 0 Å². The maximum atomic E-state index is 9.64. The van der Waals surface area contributed by atoms with Crippen molar-refractivity contribution in [2.45, 2.75) is 12.8 Å². The number of carbonyl (C=O) groups is 6. The van der Waals surface area contributed by atoms with Crippen LogP contribution in [0.1, 0.15) is 12.8 Å². The summed E-state index contributed by atoms with van der Waals surface area (Å²) in [5.41, 5.74) is 0. The molecule has 0 saturated carbocycles. The Morgan fingerprint density at radius 1 is 0.458 bits per heavy atom. The van der Waals surface area contributed by atoms with Crippen LogP contribution < -0.4 is 0 Å². The van der Waals surface area contributed by atoms with E-state index in [4.69, 9.17) is 30.6 Å². The summed E-state index contributed by atoms with van der Waals surface area (Å²) in [5, 5.41) is 47.0. The molecule has 0 aliphatic carbocycles. The summed E-state index contributed by atoms with van der Waals surface area (Å²) < 4.78 is 0. The normalized spacial score (nSPS) is 9.17. The van der Waals surface area contributed by atoms with Crippen LogP contribution in [0.4, 0.5) is 0 Å². The third-order valence-electron chi connectivity index (χ3n) is 1.29. The molecule has 0 aromatic rings. The molecule has 24 heavy (non-hydrogen) atoms. The zero-order chi connectivity index (χ0) is 19.7. The molecule has 0 saturated heterocycles. The molecule has 0 spiro atoms. The molecule has 12 heteroatoms. The average Bonchev–Trinajstić information content (AvgIpc) is 2.42. The first-order chi connectivity index (χ1) is 10.9. The van der Waals surface area contributed by atoms with Crippen LogP contribution in [-0.2, 0) is 28.8 Å². The quantitative estimate of drug-likeness (QED) is 0.315. The second-order valence-corrected chi connectivity index (χ2v) is 3.31. The summed E-state index contributed by atoms with van der Waals surface area (Å²) in [6.07, 6.45) is 1.64. The van der Waals surface area contributed by atoms with Crippen LogP contribution in [0.2, 0.25) is 0 Å². The molecule has 0 rings (SSSR count). The molecule has 0 bridgehead atoms. The third kappa shape index (κ3) is 42.9. The predicted octanol–water partition coefficient (Wildman–Crippen LogP) is -0.641. The van der Waals surface area contributed by atoms with Crippen molar-refractivity contribution >= 4 is 35.8 Å². The molecule has 0 aromatic carbocycles. The zero-order valence-corrected chi connectivity index (χ0v) is 11.9. The highest BCUT2D eigenvalue weighted by molar-refractivity contribution is 5.90. The maximum absolute atomic E-state index is 9.64. The van der Waals surface area contributed by atoms with Gasteiger partial charge in [0.15, 0.2) is 0 Å². The molecular weight excluding hydrogens is 336 g/mol.